The summed E-state index contributed by atoms with van der Waals surface area (Å²) in [7, 11) is 1.58. The Hall–Kier alpha value is -2.43. The Labute approximate surface area is 111 Å². The minimum atomic E-state index is -0.262. The molecule has 19 heavy (non-hydrogen) atoms. The molecule has 0 bridgehead atoms. The number of ether oxygens (including phenoxy) is 1. The average molecular weight is 257 g/mol. The summed E-state index contributed by atoms with van der Waals surface area (Å²) in [5.74, 6) is 1.01. The monoisotopic (exact) mass is 257 g/mol. The molecular formula is C14H15N3O2. The summed E-state index contributed by atoms with van der Waals surface area (Å²) >= 11 is 0. The van der Waals surface area contributed by atoms with Crippen molar-refractivity contribution in [2.45, 2.75) is 13.8 Å². The molecule has 1 amide bonds. The van der Waals surface area contributed by atoms with Crippen LogP contribution in [-0.2, 0) is 0 Å². The van der Waals surface area contributed by atoms with Crippen molar-refractivity contribution < 1.29 is 9.53 Å². The van der Waals surface area contributed by atoms with E-state index in [0.717, 1.165) is 5.69 Å². The second kappa shape index (κ2) is 5.48. The van der Waals surface area contributed by atoms with Crippen LogP contribution in [0.1, 0.15) is 22.0 Å². The quantitative estimate of drug-likeness (QED) is 0.916. The minimum absolute atomic E-state index is 0.262. The lowest BCUT2D eigenvalue weighted by atomic mass is 10.2. The number of aryl methyl sites for hydroxylation is 2. The molecule has 0 saturated carbocycles. The van der Waals surface area contributed by atoms with E-state index in [1.165, 1.54) is 0 Å². The van der Waals surface area contributed by atoms with Gasteiger partial charge in [0.25, 0.3) is 5.91 Å². The zero-order valence-electron chi connectivity index (χ0n) is 11.1. The van der Waals surface area contributed by atoms with Crippen LogP contribution >= 0.6 is 0 Å². The zero-order valence-corrected chi connectivity index (χ0v) is 11.1. The highest BCUT2D eigenvalue weighted by atomic mass is 16.5. The number of amides is 1. The lowest BCUT2D eigenvalue weighted by Crippen LogP contribution is -2.15. The minimum Gasteiger partial charge on any atom is -0.497 e. The lowest BCUT2D eigenvalue weighted by molar-refractivity contribution is 0.102. The fourth-order valence-electron chi connectivity index (χ4n) is 1.73. The second-order valence-electron chi connectivity index (χ2n) is 4.13. The average Bonchev–Trinajstić information content (AvgIpc) is 2.37. The summed E-state index contributed by atoms with van der Waals surface area (Å²) in [6.07, 6.45) is 0. The van der Waals surface area contributed by atoms with E-state index < -0.39 is 0 Å². The maximum Gasteiger partial charge on any atom is 0.274 e. The molecule has 0 saturated heterocycles. The van der Waals surface area contributed by atoms with Gasteiger partial charge in [-0.25, -0.2) is 9.97 Å². The van der Waals surface area contributed by atoms with E-state index in [0.29, 0.717) is 23.0 Å². The van der Waals surface area contributed by atoms with Gasteiger partial charge in [-0.2, -0.15) is 0 Å². The maximum absolute atomic E-state index is 12.1. The van der Waals surface area contributed by atoms with Gasteiger partial charge in [-0.3, -0.25) is 4.79 Å². The summed E-state index contributed by atoms with van der Waals surface area (Å²) < 4.78 is 5.10. The van der Waals surface area contributed by atoms with Gasteiger partial charge in [0.05, 0.1) is 7.11 Å². The van der Waals surface area contributed by atoms with Crippen LogP contribution in [-0.4, -0.2) is 23.0 Å². The molecule has 0 unspecified atom stereocenters. The van der Waals surface area contributed by atoms with Crippen molar-refractivity contribution in [1.29, 1.82) is 0 Å². The normalized spacial score (nSPS) is 10.1. The molecule has 2 aromatic rings. The summed E-state index contributed by atoms with van der Waals surface area (Å²) in [6.45, 7) is 3.59. The molecule has 0 aliphatic rings. The van der Waals surface area contributed by atoms with Crippen LogP contribution in [0.5, 0.6) is 5.75 Å². The SMILES string of the molecule is COc1cccc(NC(=O)c2cc(C)nc(C)n2)c1. The van der Waals surface area contributed by atoms with Crippen LogP contribution in [0, 0.1) is 13.8 Å². The fourth-order valence-corrected chi connectivity index (χ4v) is 1.73. The molecular weight excluding hydrogens is 242 g/mol. The van der Waals surface area contributed by atoms with Gasteiger partial charge in [-0.1, -0.05) is 6.07 Å². The molecule has 1 aromatic carbocycles. The molecule has 1 N–H and O–H groups in total. The van der Waals surface area contributed by atoms with E-state index in [9.17, 15) is 4.79 Å². The molecule has 0 aliphatic heterocycles. The van der Waals surface area contributed by atoms with Crippen molar-refractivity contribution in [3.63, 3.8) is 0 Å². The molecule has 1 heterocycles. The van der Waals surface area contributed by atoms with Gasteiger partial charge in [0.15, 0.2) is 0 Å². The van der Waals surface area contributed by atoms with Crippen molar-refractivity contribution in [2.24, 2.45) is 0 Å². The van der Waals surface area contributed by atoms with E-state index in [4.69, 9.17) is 4.74 Å². The van der Waals surface area contributed by atoms with E-state index in [-0.39, 0.29) is 5.91 Å². The number of hydrogen-bond donors (Lipinski definition) is 1. The van der Waals surface area contributed by atoms with Crippen LogP contribution in [0.4, 0.5) is 5.69 Å². The molecule has 5 nitrogen and oxygen atoms in total. The largest absolute Gasteiger partial charge is 0.497 e. The number of methoxy groups -OCH3 is 1. The van der Waals surface area contributed by atoms with Gasteiger partial charge in [-0.05, 0) is 32.0 Å². The molecule has 0 spiro atoms. The predicted octanol–water partition coefficient (Wildman–Crippen LogP) is 2.35. The molecule has 0 radical (unpaired) electrons. The summed E-state index contributed by atoms with van der Waals surface area (Å²) in [5, 5.41) is 2.78. The first-order chi connectivity index (χ1) is 9.08. The molecule has 0 atom stereocenters. The van der Waals surface area contributed by atoms with E-state index in [1.807, 2.05) is 19.1 Å². The highest BCUT2D eigenvalue weighted by molar-refractivity contribution is 6.03. The number of benzene rings is 1. The molecule has 1 aromatic heterocycles. The summed E-state index contributed by atoms with van der Waals surface area (Å²) in [6, 6.07) is 8.82. The summed E-state index contributed by atoms with van der Waals surface area (Å²) in [4.78, 5) is 20.3. The number of carbonyl (C=O) groups excluding carboxylic acids is 1. The Kier molecular flexibility index (Phi) is 3.75. The fraction of sp³-hybridized carbons (Fsp3) is 0.214. The van der Waals surface area contributed by atoms with Crippen molar-refractivity contribution >= 4 is 11.6 Å². The highest BCUT2D eigenvalue weighted by Crippen LogP contribution is 2.17. The topological polar surface area (TPSA) is 64.1 Å². The van der Waals surface area contributed by atoms with Crippen LogP contribution in [0.15, 0.2) is 30.3 Å². The van der Waals surface area contributed by atoms with Gasteiger partial charge in [0, 0.05) is 17.4 Å². The van der Waals surface area contributed by atoms with Crippen molar-refractivity contribution in [3.05, 3.63) is 47.5 Å². The predicted molar refractivity (Wildman–Crippen MR) is 72.5 cm³/mol. The third kappa shape index (κ3) is 3.28. The third-order valence-corrected chi connectivity index (χ3v) is 2.53. The Morgan fingerprint density at radius 3 is 2.68 bits per heavy atom. The van der Waals surface area contributed by atoms with Gasteiger partial charge in [0.1, 0.15) is 17.3 Å². The summed E-state index contributed by atoms with van der Waals surface area (Å²) in [5.41, 5.74) is 1.79. The maximum atomic E-state index is 12.1. The Bertz CT molecular complexity index is 591. The number of nitrogens with zero attached hydrogens (tertiary/aromatic N) is 2. The van der Waals surface area contributed by atoms with Crippen molar-refractivity contribution in [1.82, 2.24) is 9.97 Å². The number of rotatable bonds is 3. The second-order valence-corrected chi connectivity index (χ2v) is 4.13. The van der Waals surface area contributed by atoms with Crippen molar-refractivity contribution in [3.8, 4) is 5.75 Å². The van der Waals surface area contributed by atoms with E-state index in [2.05, 4.69) is 15.3 Å². The van der Waals surface area contributed by atoms with Gasteiger partial charge in [0.2, 0.25) is 0 Å². The lowest BCUT2D eigenvalue weighted by Gasteiger charge is -2.07. The molecule has 5 heteroatoms. The van der Waals surface area contributed by atoms with Crippen LogP contribution < -0.4 is 10.1 Å². The number of nitrogens with one attached hydrogen (secondary N) is 1. The first-order valence-corrected chi connectivity index (χ1v) is 5.86. The van der Waals surface area contributed by atoms with Crippen LogP contribution in [0.3, 0.4) is 0 Å². The van der Waals surface area contributed by atoms with Gasteiger partial charge in [-0.15, -0.1) is 0 Å². The van der Waals surface area contributed by atoms with Gasteiger partial charge >= 0.3 is 0 Å². The Balaban J connectivity index is 2.20. The Morgan fingerprint density at radius 1 is 1.21 bits per heavy atom. The molecule has 0 aliphatic carbocycles. The number of anilines is 1. The van der Waals surface area contributed by atoms with Crippen LogP contribution in [0.25, 0.3) is 0 Å². The smallest absolute Gasteiger partial charge is 0.274 e. The first-order valence-electron chi connectivity index (χ1n) is 5.86. The first kappa shape index (κ1) is 13.0. The molecule has 98 valence electrons. The van der Waals surface area contributed by atoms with E-state index >= 15 is 0 Å². The number of carbonyl (C=O) groups is 1. The molecule has 2 rings (SSSR count). The number of aromatic nitrogens is 2. The third-order valence-electron chi connectivity index (χ3n) is 2.53. The van der Waals surface area contributed by atoms with Crippen LogP contribution in [0.2, 0.25) is 0 Å². The molecule has 0 fully saturated rings. The van der Waals surface area contributed by atoms with Gasteiger partial charge < -0.3 is 10.1 Å². The standard InChI is InChI=1S/C14H15N3O2/c1-9-7-13(16-10(2)15-9)14(18)17-11-5-4-6-12(8-11)19-3/h4-8H,1-3H3,(H,17,18). The van der Waals surface area contributed by atoms with E-state index in [1.54, 1.807) is 32.2 Å². The highest BCUT2D eigenvalue weighted by Gasteiger charge is 2.09. The zero-order chi connectivity index (χ0) is 13.8. The number of hydrogen-bond acceptors (Lipinski definition) is 4. The Morgan fingerprint density at radius 2 is 2.00 bits per heavy atom. The van der Waals surface area contributed by atoms with Crippen molar-refractivity contribution in [2.75, 3.05) is 12.4 Å².